The minimum atomic E-state index is -0.326. The van der Waals surface area contributed by atoms with Crippen LogP contribution in [-0.2, 0) is 6.42 Å². The van der Waals surface area contributed by atoms with Crippen molar-refractivity contribution in [3.63, 3.8) is 0 Å². The van der Waals surface area contributed by atoms with Gasteiger partial charge in [0.2, 0.25) is 0 Å². The zero-order chi connectivity index (χ0) is 11.5. The molecule has 0 aliphatic rings. The van der Waals surface area contributed by atoms with Crippen LogP contribution in [0.5, 0.6) is 5.75 Å². The van der Waals surface area contributed by atoms with Crippen molar-refractivity contribution in [1.82, 2.24) is 0 Å². The van der Waals surface area contributed by atoms with Crippen LogP contribution in [0.15, 0.2) is 24.3 Å². The van der Waals surface area contributed by atoms with Gasteiger partial charge in [0.05, 0.1) is 0 Å². The predicted octanol–water partition coefficient (Wildman–Crippen LogP) is 2.75. The summed E-state index contributed by atoms with van der Waals surface area (Å²) in [5.41, 5.74) is 6.84. The van der Waals surface area contributed by atoms with Gasteiger partial charge in [0.15, 0.2) is 0 Å². The number of benzene rings is 1. The van der Waals surface area contributed by atoms with Crippen LogP contribution < -0.4 is 10.5 Å². The van der Waals surface area contributed by atoms with E-state index in [0.29, 0.717) is 0 Å². The van der Waals surface area contributed by atoms with Crippen LogP contribution >= 0.6 is 0 Å². The standard InChI is InChI=1S/C13H21NO/c1-5-11-6-8-12(9-7-11)15-13(3,4)10(2)14/h6-10H,5,14H2,1-4H3. The second kappa shape index (κ2) is 4.67. The maximum absolute atomic E-state index is 5.85. The summed E-state index contributed by atoms with van der Waals surface area (Å²) in [4.78, 5) is 0. The first kappa shape index (κ1) is 12.1. The molecule has 2 N–H and O–H groups in total. The SMILES string of the molecule is CCc1ccc(OC(C)(C)C(C)N)cc1. The summed E-state index contributed by atoms with van der Waals surface area (Å²) < 4.78 is 5.84. The highest BCUT2D eigenvalue weighted by atomic mass is 16.5. The molecule has 2 nitrogen and oxygen atoms in total. The van der Waals surface area contributed by atoms with Gasteiger partial charge in [-0.15, -0.1) is 0 Å². The van der Waals surface area contributed by atoms with E-state index >= 15 is 0 Å². The van der Waals surface area contributed by atoms with Crippen LogP contribution in [0.2, 0.25) is 0 Å². The quantitative estimate of drug-likeness (QED) is 0.824. The largest absolute Gasteiger partial charge is 0.486 e. The van der Waals surface area contributed by atoms with Crippen molar-refractivity contribution in [2.24, 2.45) is 5.73 Å². The smallest absolute Gasteiger partial charge is 0.120 e. The normalized spacial score (nSPS) is 13.7. The monoisotopic (exact) mass is 207 g/mol. The first-order chi connectivity index (χ1) is 6.95. The highest BCUT2D eigenvalue weighted by Gasteiger charge is 2.24. The second-order valence-corrected chi connectivity index (χ2v) is 4.49. The summed E-state index contributed by atoms with van der Waals surface area (Å²) in [5.74, 6) is 0.884. The van der Waals surface area contributed by atoms with E-state index in [0.717, 1.165) is 12.2 Å². The Hall–Kier alpha value is -1.02. The Bertz CT molecular complexity index is 301. The molecule has 0 spiro atoms. The summed E-state index contributed by atoms with van der Waals surface area (Å²) in [5, 5.41) is 0. The molecule has 0 aliphatic heterocycles. The molecule has 0 amide bonds. The number of hydrogen-bond acceptors (Lipinski definition) is 2. The van der Waals surface area contributed by atoms with Crippen molar-refractivity contribution < 1.29 is 4.74 Å². The minimum Gasteiger partial charge on any atom is -0.486 e. The first-order valence-corrected chi connectivity index (χ1v) is 5.49. The zero-order valence-electron chi connectivity index (χ0n) is 10.1. The maximum atomic E-state index is 5.85. The number of hydrogen-bond donors (Lipinski definition) is 1. The van der Waals surface area contributed by atoms with E-state index in [1.807, 2.05) is 32.9 Å². The van der Waals surface area contributed by atoms with E-state index in [2.05, 4.69) is 19.1 Å². The molecule has 2 heteroatoms. The van der Waals surface area contributed by atoms with Gasteiger partial charge in [0.25, 0.3) is 0 Å². The van der Waals surface area contributed by atoms with Crippen molar-refractivity contribution in [3.05, 3.63) is 29.8 Å². The van der Waals surface area contributed by atoms with Gasteiger partial charge < -0.3 is 10.5 Å². The van der Waals surface area contributed by atoms with Crippen LogP contribution in [0.4, 0.5) is 0 Å². The van der Waals surface area contributed by atoms with Crippen LogP contribution in [0.1, 0.15) is 33.3 Å². The number of rotatable bonds is 4. The molecule has 1 aromatic carbocycles. The van der Waals surface area contributed by atoms with Crippen molar-refractivity contribution in [2.75, 3.05) is 0 Å². The maximum Gasteiger partial charge on any atom is 0.120 e. The Balaban J connectivity index is 2.73. The fourth-order valence-corrected chi connectivity index (χ4v) is 1.19. The van der Waals surface area contributed by atoms with Gasteiger partial charge in [0.1, 0.15) is 11.4 Å². The third-order valence-corrected chi connectivity index (χ3v) is 2.81. The Morgan fingerprint density at radius 3 is 2.20 bits per heavy atom. The van der Waals surface area contributed by atoms with Gasteiger partial charge in [-0.2, -0.15) is 0 Å². The highest BCUT2D eigenvalue weighted by Crippen LogP contribution is 2.20. The van der Waals surface area contributed by atoms with Crippen LogP contribution in [-0.4, -0.2) is 11.6 Å². The topological polar surface area (TPSA) is 35.2 Å². The molecule has 0 fully saturated rings. The molecule has 0 aliphatic carbocycles. The molecule has 0 radical (unpaired) electrons. The van der Waals surface area contributed by atoms with Gasteiger partial charge in [-0.3, -0.25) is 0 Å². The third-order valence-electron chi connectivity index (χ3n) is 2.81. The summed E-state index contributed by atoms with van der Waals surface area (Å²) in [7, 11) is 0. The van der Waals surface area contributed by atoms with Crippen molar-refractivity contribution in [3.8, 4) is 5.75 Å². The summed E-state index contributed by atoms with van der Waals surface area (Å²) in [6.45, 7) is 8.11. The molecule has 0 aromatic heterocycles. The number of aryl methyl sites for hydroxylation is 1. The molecule has 15 heavy (non-hydrogen) atoms. The molecule has 1 atom stereocenters. The molecule has 1 aromatic rings. The Morgan fingerprint density at radius 2 is 1.80 bits per heavy atom. The van der Waals surface area contributed by atoms with Crippen LogP contribution in [0.3, 0.4) is 0 Å². The van der Waals surface area contributed by atoms with Crippen molar-refractivity contribution in [1.29, 1.82) is 0 Å². The van der Waals surface area contributed by atoms with Crippen molar-refractivity contribution >= 4 is 0 Å². The van der Waals surface area contributed by atoms with Gasteiger partial charge in [0, 0.05) is 6.04 Å². The highest BCUT2D eigenvalue weighted by molar-refractivity contribution is 5.27. The third kappa shape index (κ3) is 3.24. The molecule has 1 rings (SSSR count). The first-order valence-electron chi connectivity index (χ1n) is 5.49. The molecule has 0 saturated heterocycles. The van der Waals surface area contributed by atoms with Gasteiger partial charge in [-0.25, -0.2) is 0 Å². The Kier molecular flexibility index (Phi) is 3.75. The van der Waals surface area contributed by atoms with Gasteiger partial charge >= 0.3 is 0 Å². The van der Waals surface area contributed by atoms with E-state index in [4.69, 9.17) is 10.5 Å². The number of ether oxygens (including phenoxy) is 1. The Labute approximate surface area is 92.4 Å². The molecule has 84 valence electrons. The fraction of sp³-hybridized carbons (Fsp3) is 0.538. The van der Waals surface area contributed by atoms with Crippen LogP contribution in [0, 0.1) is 0 Å². The van der Waals surface area contributed by atoms with Gasteiger partial charge in [-0.05, 0) is 44.9 Å². The lowest BCUT2D eigenvalue weighted by molar-refractivity contribution is 0.0860. The predicted molar refractivity (Wildman–Crippen MR) is 64.2 cm³/mol. The molecule has 0 bridgehead atoms. The molecule has 0 heterocycles. The minimum absolute atomic E-state index is 0.00310. The van der Waals surface area contributed by atoms with E-state index in [9.17, 15) is 0 Å². The molecule has 1 unspecified atom stereocenters. The molecular formula is C13H21NO. The fourth-order valence-electron chi connectivity index (χ4n) is 1.19. The van der Waals surface area contributed by atoms with E-state index in [-0.39, 0.29) is 11.6 Å². The van der Waals surface area contributed by atoms with Gasteiger partial charge in [-0.1, -0.05) is 19.1 Å². The number of nitrogens with two attached hydrogens (primary N) is 1. The lowest BCUT2D eigenvalue weighted by atomic mass is 10.0. The van der Waals surface area contributed by atoms with Crippen molar-refractivity contribution in [2.45, 2.75) is 45.8 Å². The average molecular weight is 207 g/mol. The summed E-state index contributed by atoms with van der Waals surface area (Å²) in [6.07, 6.45) is 1.05. The summed E-state index contributed by atoms with van der Waals surface area (Å²) in [6, 6.07) is 8.19. The summed E-state index contributed by atoms with van der Waals surface area (Å²) >= 11 is 0. The van der Waals surface area contributed by atoms with Crippen LogP contribution in [0.25, 0.3) is 0 Å². The average Bonchev–Trinajstić information content (AvgIpc) is 2.18. The van der Waals surface area contributed by atoms with E-state index in [1.54, 1.807) is 0 Å². The van der Waals surface area contributed by atoms with E-state index < -0.39 is 0 Å². The second-order valence-electron chi connectivity index (χ2n) is 4.49. The Morgan fingerprint density at radius 1 is 1.27 bits per heavy atom. The zero-order valence-corrected chi connectivity index (χ0v) is 10.1. The lowest BCUT2D eigenvalue weighted by Gasteiger charge is -2.30. The molecule has 0 saturated carbocycles. The lowest BCUT2D eigenvalue weighted by Crippen LogP contribution is -2.45. The molecular weight excluding hydrogens is 186 g/mol. The van der Waals surface area contributed by atoms with E-state index in [1.165, 1.54) is 5.56 Å².